The van der Waals surface area contributed by atoms with E-state index in [2.05, 4.69) is 0 Å². The van der Waals surface area contributed by atoms with E-state index in [0.29, 0.717) is 18.7 Å². The number of carbonyl (C=O) groups excluding carboxylic acids is 2. The van der Waals surface area contributed by atoms with Crippen LogP contribution in [0.1, 0.15) is 43.7 Å². The molecule has 33 heavy (non-hydrogen) atoms. The Labute approximate surface area is 195 Å². The molecular formula is C25H30N2O5S. The fraction of sp³-hybridized carbons (Fsp3) is 0.440. The number of ether oxygens (including phenoxy) is 1. The minimum atomic E-state index is -3.50. The van der Waals surface area contributed by atoms with Crippen LogP contribution in [-0.4, -0.2) is 50.3 Å². The van der Waals surface area contributed by atoms with E-state index in [4.69, 9.17) is 4.74 Å². The van der Waals surface area contributed by atoms with E-state index in [1.165, 1.54) is 16.4 Å². The van der Waals surface area contributed by atoms with Gasteiger partial charge in [-0.3, -0.25) is 9.59 Å². The lowest BCUT2D eigenvalue weighted by molar-refractivity contribution is -0.147. The van der Waals surface area contributed by atoms with Gasteiger partial charge in [0.25, 0.3) is 5.91 Å². The summed E-state index contributed by atoms with van der Waals surface area (Å²) in [6.45, 7) is 2.77. The van der Waals surface area contributed by atoms with E-state index in [1.54, 1.807) is 17.0 Å². The van der Waals surface area contributed by atoms with Crippen molar-refractivity contribution >= 4 is 27.6 Å². The van der Waals surface area contributed by atoms with Crippen molar-refractivity contribution < 1.29 is 22.7 Å². The minimum absolute atomic E-state index is 0.0243. The molecule has 0 spiro atoms. The van der Waals surface area contributed by atoms with Crippen LogP contribution in [0.4, 0.5) is 5.69 Å². The Morgan fingerprint density at radius 3 is 2.42 bits per heavy atom. The van der Waals surface area contributed by atoms with Crippen molar-refractivity contribution in [1.29, 1.82) is 0 Å². The molecule has 176 valence electrons. The summed E-state index contributed by atoms with van der Waals surface area (Å²) in [6, 6.07) is 14.2. The van der Waals surface area contributed by atoms with Gasteiger partial charge in [0, 0.05) is 24.8 Å². The van der Waals surface area contributed by atoms with Crippen LogP contribution >= 0.6 is 0 Å². The lowest BCUT2D eigenvalue weighted by Crippen LogP contribution is -2.44. The second-order valence-corrected chi connectivity index (χ2v) is 10.7. The second kappa shape index (κ2) is 10.1. The smallest absolute Gasteiger partial charge is 0.310 e. The maximum Gasteiger partial charge on any atom is 0.310 e. The maximum atomic E-state index is 12.8. The Bertz CT molecular complexity index is 1110. The third-order valence-electron chi connectivity index (χ3n) is 6.37. The predicted octanol–water partition coefficient (Wildman–Crippen LogP) is 3.31. The highest BCUT2D eigenvalue weighted by molar-refractivity contribution is 7.89. The van der Waals surface area contributed by atoms with Crippen LogP contribution in [-0.2, 0) is 37.2 Å². The Kier molecular flexibility index (Phi) is 7.14. The molecule has 8 heteroatoms. The van der Waals surface area contributed by atoms with Crippen molar-refractivity contribution in [3.8, 4) is 0 Å². The number of benzene rings is 2. The molecule has 1 unspecified atom stereocenters. The first-order valence-electron chi connectivity index (χ1n) is 11.5. The number of aryl methyl sites for hydroxylation is 1. The van der Waals surface area contributed by atoms with Crippen LogP contribution in [0, 0.1) is 0 Å². The molecule has 2 aromatic carbocycles. The van der Waals surface area contributed by atoms with Gasteiger partial charge in [-0.25, -0.2) is 8.42 Å². The van der Waals surface area contributed by atoms with Gasteiger partial charge in [0.1, 0.15) is 0 Å². The summed E-state index contributed by atoms with van der Waals surface area (Å²) in [5, 5.41) is 0. The highest BCUT2D eigenvalue weighted by Crippen LogP contribution is 2.30. The number of nitrogens with zero attached hydrogens (tertiary/aromatic N) is 2. The largest absolute Gasteiger partial charge is 0.455 e. The molecule has 7 nitrogen and oxygen atoms in total. The van der Waals surface area contributed by atoms with Gasteiger partial charge in [-0.1, -0.05) is 36.8 Å². The number of piperidine rings is 1. The van der Waals surface area contributed by atoms with Gasteiger partial charge in [-0.05, 0) is 61.9 Å². The van der Waals surface area contributed by atoms with Gasteiger partial charge in [0.2, 0.25) is 10.0 Å². The third kappa shape index (κ3) is 5.28. The monoisotopic (exact) mass is 470 g/mol. The number of fused-ring (bicyclic) bond motifs is 1. The fourth-order valence-electron chi connectivity index (χ4n) is 4.53. The van der Waals surface area contributed by atoms with Gasteiger partial charge in [0.05, 0.1) is 11.3 Å². The number of amides is 1. The molecule has 2 heterocycles. The molecule has 1 saturated heterocycles. The second-order valence-electron chi connectivity index (χ2n) is 8.73. The quantitative estimate of drug-likeness (QED) is 0.605. The molecule has 0 bridgehead atoms. The van der Waals surface area contributed by atoms with E-state index in [0.717, 1.165) is 43.4 Å². The third-order valence-corrected chi connectivity index (χ3v) is 8.29. The van der Waals surface area contributed by atoms with E-state index < -0.39 is 16.0 Å². The van der Waals surface area contributed by atoms with E-state index in [-0.39, 0.29) is 29.9 Å². The molecule has 0 N–H and O–H groups in total. The molecule has 4 rings (SSSR count). The van der Waals surface area contributed by atoms with E-state index in [9.17, 15) is 18.0 Å². The zero-order valence-electron chi connectivity index (χ0n) is 18.9. The summed E-state index contributed by atoms with van der Waals surface area (Å²) in [6.07, 6.45) is 4.57. The summed E-state index contributed by atoms with van der Waals surface area (Å²) in [5.74, 6) is -0.765. The minimum Gasteiger partial charge on any atom is -0.455 e. The molecule has 1 amide bonds. The van der Waals surface area contributed by atoms with Gasteiger partial charge in [-0.2, -0.15) is 4.31 Å². The molecule has 0 aliphatic carbocycles. The summed E-state index contributed by atoms with van der Waals surface area (Å²) >= 11 is 0. The van der Waals surface area contributed by atoms with Crippen LogP contribution in [0.25, 0.3) is 0 Å². The normalized spacial score (nSPS) is 19.1. The van der Waals surface area contributed by atoms with Crippen LogP contribution in [0.5, 0.6) is 0 Å². The lowest BCUT2D eigenvalue weighted by Gasteiger charge is -2.35. The Morgan fingerprint density at radius 1 is 1.00 bits per heavy atom. The zero-order valence-corrected chi connectivity index (χ0v) is 19.7. The van der Waals surface area contributed by atoms with E-state index >= 15 is 0 Å². The Hall–Kier alpha value is -2.71. The first kappa shape index (κ1) is 23.4. The molecule has 2 aliphatic heterocycles. The summed E-state index contributed by atoms with van der Waals surface area (Å²) in [7, 11) is -3.50. The predicted molar refractivity (Wildman–Crippen MR) is 125 cm³/mol. The molecule has 1 atom stereocenters. The zero-order chi connectivity index (χ0) is 23.4. The molecule has 0 radical (unpaired) electrons. The highest BCUT2D eigenvalue weighted by Gasteiger charge is 2.29. The Morgan fingerprint density at radius 2 is 1.70 bits per heavy atom. The number of hydrogen-bond acceptors (Lipinski definition) is 5. The van der Waals surface area contributed by atoms with Crippen LogP contribution in [0.2, 0.25) is 0 Å². The Balaban J connectivity index is 1.33. The number of carbonyl (C=O) groups is 2. The molecule has 2 aliphatic rings. The summed E-state index contributed by atoms with van der Waals surface area (Å²) in [4.78, 5) is 27.1. The average Bonchev–Trinajstić information content (AvgIpc) is 2.83. The molecule has 0 aromatic heterocycles. The number of esters is 1. The topological polar surface area (TPSA) is 84.0 Å². The molecule has 1 fully saturated rings. The van der Waals surface area contributed by atoms with Crippen LogP contribution < -0.4 is 4.90 Å². The van der Waals surface area contributed by atoms with Gasteiger partial charge in [-0.15, -0.1) is 0 Å². The number of anilines is 1. The standard InChI is InChI=1S/C25H30N2O5S/c1-19-9-12-21-7-3-4-8-23(21)27(19)24(28)18-32-25(29)17-20-10-13-22(14-11-20)33(30,31)26-15-5-2-6-16-26/h3-4,7-8,10-11,13-14,19H,2,5-6,9,12,15-18H2,1H3. The summed E-state index contributed by atoms with van der Waals surface area (Å²) < 4.78 is 32.3. The van der Waals surface area contributed by atoms with Crippen molar-refractivity contribution in [2.75, 3.05) is 24.6 Å². The van der Waals surface area contributed by atoms with Crippen LogP contribution in [0.15, 0.2) is 53.4 Å². The van der Waals surface area contributed by atoms with Crippen molar-refractivity contribution in [2.24, 2.45) is 0 Å². The van der Waals surface area contributed by atoms with Crippen molar-refractivity contribution in [3.63, 3.8) is 0 Å². The van der Waals surface area contributed by atoms with Gasteiger partial charge < -0.3 is 9.64 Å². The molecule has 0 saturated carbocycles. The molecule has 2 aromatic rings. The lowest BCUT2D eigenvalue weighted by atomic mass is 9.96. The van der Waals surface area contributed by atoms with Gasteiger partial charge >= 0.3 is 5.97 Å². The maximum absolute atomic E-state index is 12.8. The summed E-state index contributed by atoms with van der Waals surface area (Å²) in [5.41, 5.74) is 2.64. The van der Waals surface area contributed by atoms with E-state index in [1.807, 2.05) is 31.2 Å². The number of para-hydroxylation sites is 1. The number of sulfonamides is 1. The van der Waals surface area contributed by atoms with Crippen molar-refractivity contribution in [1.82, 2.24) is 4.31 Å². The number of hydrogen-bond donors (Lipinski definition) is 0. The van der Waals surface area contributed by atoms with Crippen LogP contribution in [0.3, 0.4) is 0 Å². The highest BCUT2D eigenvalue weighted by atomic mass is 32.2. The van der Waals surface area contributed by atoms with Gasteiger partial charge in [0.15, 0.2) is 6.61 Å². The first-order chi connectivity index (χ1) is 15.9. The number of rotatable bonds is 6. The van der Waals surface area contributed by atoms with Crippen molar-refractivity contribution in [2.45, 2.75) is 56.4 Å². The van der Waals surface area contributed by atoms with Crippen molar-refractivity contribution in [3.05, 3.63) is 59.7 Å². The first-order valence-corrected chi connectivity index (χ1v) is 12.9. The average molecular weight is 471 g/mol. The molecular weight excluding hydrogens is 440 g/mol. The SMILES string of the molecule is CC1CCc2ccccc2N1C(=O)COC(=O)Cc1ccc(S(=O)(=O)N2CCCCC2)cc1. The fourth-order valence-corrected chi connectivity index (χ4v) is 6.05.